The van der Waals surface area contributed by atoms with Crippen molar-refractivity contribution < 1.29 is 9.50 Å². The highest BCUT2D eigenvalue weighted by molar-refractivity contribution is 5.58. The Morgan fingerprint density at radius 2 is 2.33 bits per heavy atom. The van der Waals surface area contributed by atoms with Gasteiger partial charge in [0.15, 0.2) is 0 Å². The Morgan fingerprint density at radius 3 is 3.06 bits per heavy atom. The normalized spacial score (nSPS) is 15.8. The van der Waals surface area contributed by atoms with Crippen molar-refractivity contribution in [3.8, 4) is 0 Å². The molecule has 100 valence electrons. The molecule has 3 nitrogen and oxygen atoms in total. The molecule has 1 unspecified atom stereocenters. The van der Waals surface area contributed by atoms with Crippen molar-refractivity contribution in [1.82, 2.24) is 5.32 Å². The third-order valence-electron chi connectivity index (χ3n) is 3.50. The quantitative estimate of drug-likeness (QED) is 0.806. The minimum Gasteiger partial charge on any atom is -0.395 e. The standard InChI is InChI=1S/C14H21FN2O/c1-2-16-13(10-18)6-8-17-7-5-11-3-4-12(15)9-14(11)17/h3-4,9,13,16,18H,2,5-8,10H2,1H3. The zero-order chi connectivity index (χ0) is 13.0. The number of aliphatic hydroxyl groups excluding tert-OH is 1. The van der Waals surface area contributed by atoms with Gasteiger partial charge in [0.1, 0.15) is 5.82 Å². The number of halogens is 1. The van der Waals surface area contributed by atoms with Crippen molar-refractivity contribution in [3.63, 3.8) is 0 Å². The van der Waals surface area contributed by atoms with Crippen molar-refractivity contribution in [2.75, 3.05) is 31.1 Å². The monoisotopic (exact) mass is 252 g/mol. The van der Waals surface area contributed by atoms with Gasteiger partial charge in [0.05, 0.1) is 6.61 Å². The van der Waals surface area contributed by atoms with E-state index in [0.29, 0.717) is 0 Å². The van der Waals surface area contributed by atoms with Crippen LogP contribution >= 0.6 is 0 Å². The molecule has 1 heterocycles. The summed E-state index contributed by atoms with van der Waals surface area (Å²) in [6.45, 7) is 4.84. The molecule has 0 amide bonds. The van der Waals surface area contributed by atoms with E-state index in [1.165, 1.54) is 11.6 Å². The lowest BCUT2D eigenvalue weighted by atomic mass is 10.1. The third kappa shape index (κ3) is 3.00. The van der Waals surface area contributed by atoms with Crippen molar-refractivity contribution in [1.29, 1.82) is 0 Å². The number of fused-ring (bicyclic) bond motifs is 1. The van der Waals surface area contributed by atoms with Crippen LogP contribution in [0.25, 0.3) is 0 Å². The predicted octanol–water partition coefficient (Wildman–Crippen LogP) is 1.55. The van der Waals surface area contributed by atoms with Crippen molar-refractivity contribution in [2.24, 2.45) is 0 Å². The average molecular weight is 252 g/mol. The van der Waals surface area contributed by atoms with Crippen LogP contribution in [0.1, 0.15) is 18.9 Å². The van der Waals surface area contributed by atoms with Gasteiger partial charge in [-0.3, -0.25) is 0 Å². The minimum absolute atomic E-state index is 0.132. The molecule has 1 aliphatic rings. The number of hydrogen-bond donors (Lipinski definition) is 2. The number of nitrogens with zero attached hydrogens (tertiary/aromatic N) is 1. The molecular weight excluding hydrogens is 231 g/mol. The fourth-order valence-electron chi connectivity index (χ4n) is 2.51. The number of nitrogens with one attached hydrogen (secondary N) is 1. The maximum absolute atomic E-state index is 13.2. The van der Waals surface area contributed by atoms with E-state index in [9.17, 15) is 9.50 Å². The lowest BCUT2D eigenvalue weighted by Crippen LogP contribution is -2.36. The van der Waals surface area contributed by atoms with Crippen LogP contribution in [0.4, 0.5) is 10.1 Å². The van der Waals surface area contributed by atoms with E-state index in [1.54, 1.807) is 6.07 Å². The van der Waals surface area contributed by atoms with Gasteiger partial charge in [0.25, 0.3) is 0 Å². The summed E-state index contributed by atoms with van der Waals surface area (Å²) in [5.41, 5.74) is 2.24. The number of anilines is 1. The second-order valence-corrected chi connectivity index (χ2v) is 4.74. The van der Waals surface area contributed by atoms with Gasteiger partial charge in [-0.1, -0.05) is 13.0 Å². The van der Waals surface area contributed by atoms with Gasteiger partial charge in [-0.2, -0.15) is 0 Å². The number of rotatable bonds is 6. The first kappa shape index (κ1) is 13.3. The van der Waals surface area contributed by atoms with Crippen LogP contribution in [0.15, 0.2) is 18.2 Å². The van der Waals surface area contributed by atoms with Gasteiger partial charge in [0.2, 0.25) is 0 Å². The highest BCUT2D eigenvalue weighted by Crippen LogP contribution is 2.28. The number of benzene rings is 1. The van der Waals surface area contributed by atoms with E-state index in [2.05, 4.69) is 10.2 Å². The largest absolute Gasteiger partial charge is 0.395 e. The van der Waals surface area contributed by atoms with E-state index >= 15 is 0 Å². The first-order valence-electron chi connectivity index (χ1n) is 6.62. The van der Waals surface area contributed by atoms with Crippen molar-refractivity contribution in [3.05, 3.63) is 29.6 Å². The zero-order valence-corrected chi connectivity index (χ0v) is 10.8. The van der Waals surface area contributed by atoms with Crippen LogP contribution < -0.4 is 10.2 Å². The first-order chi connectivity index (χ1) is 8.74. The molecule has 1 atom stereocenters. The number of aliphatic hydroxyl groups is 1. The van der Waals surface area contributed by atoms with Gasteiger partial charge >= 0.3 is 0 Å². The summed E-state index contributed by atoms with van der Waals surface area (Å²) >= 11 is 0. The predicted molar refractivity (Wildman–Crippen MR) is 71.5 cm³/mol. The Labute approximate surface area is 108 Å². The van der Waals surface area contributed by atoms with E-state index in [-0.39, 0.29) is 18.5 Å². The number of likely N-dealkylation sites (N-methyl/N-ethyl adjacent to an activating group) is 1. The molecule has 1 aliphatic heterocycles. The van der Waals surface area contributed by atoms with Crippen molar-refractivity contribution >= 4 is 5.69 Å². The van der Waals surface area contributed by atoms with Gasteiger partial charge in [0, 0.05) is 24.8 Å². The van der Waals surface area contributed by atoms with Crippen LogP contribution in [-0.4, -0.2) is 37.4 Å². The molecule has 0 aliphatic carbocycles. The van der Waals surface area contributed by atoms with Gasteiger partial charge in [-0.05, 0) is 37.1 Å². The van der Waals surface area contributed by atoms with Gasteiger partial charge < -0.3 is 15.3 Å². The summed E-state index contributed by atoms with van der Waals surface area (Å²) in [4.78, 5) is 2.21. The maximum Gasteiger partial charge on any atom is 0.125 e. The molecule has 2 N–H and O–H groups in total. The molecule has 0 spiro atoms. The van der Waals surface area contributed by atoms with Gasteiger partial charge in [-0.15, -0.1) is 0 Å². The average Bonchev–Trinajstić information content (AvgIpc) is 2.77. The molecule has 0 saturated heterocycles. The lowest BCUT2D eigenvalue weighted by Gasteiger charge is -2.23. The van der Waals surface area contributed by atoms with Crippen LogP contribution in [0.2, 0.25) is 0 Å². The number of hydrogen-bond acceptors (Lipinski definition) is 3. The lowest BCUT2D eigenvalue weighted by molar-refractivity contribution is 0.238. The van der Waals surface area contributed by atoms with E-state index in [1.807, 2.05) is 13.0 Å². The smallest absolute Gasteiger partial charge is 0.125 e. The molecular formula is C14H21FN2O. The third-order valence-corrected chi connectivity index (χ3v) is 3.50. The van der Waals surface area contributed by atoms with Gasteiger partial charge in [-0.25, -0.2) is 4.39 Å². The Hall–Kier alpha value is -1.13. The SMILES string of the molecule is CCNC(CO)CCN1CCc2ccc(F)cc21. The molecule has 0 bridgehead atoms. The van der Waals surface area contributed by atoms with Crippen LogP contribution in [0.3, 0.4) is 0 Å². The van der Waals surface area contributed by atoms with Crippen LogP contribution in [0, 0.1) is 5.82 Å². The summed E-state index contributed by atoms with van der Waals surface area (Å²) < 4.78 is 13.2. The second-order valence-electron chi connectivity index (χ2n) is 4.74. The molecule has 0 radical (unpaired) electrons. The Kier molecular flexibility index (Phi) is 4.55. The van der Waals surface area contributed by atoms with Crippen LogP contribution in [-0.2, 0) is 6.42 Å². The zero-order valence-electron chi connectivity index (χ0n) is 10.8. The molecule has 18 heavy (non-hydrogen) atoms. The highest BCUT2D eigenvalue weighted by atomic mass is 19.1. The molecule has 4 heteroatoms. The Balaban J connectivity index is 1.95. The topological polar surface area (TPSA) is 35.5 Å². The molecule has 2 rings (SSSR count). The fourth-order valence-corrected chi connectivity index (χ4v) is 2.51. The van der Waals surface area contributed by atoms with E-state index in [4.69, 9.17) is 0 Å². The van der Waals surface area contributed by atoms with Crippen molar-refractivity contribution in [2.45, 2.75) is 25.8 Å². The second kappa shape index (κ2) is 6.16. The van der Waals surface area contributed by atoms with E-state index < -0.39 is 0 Å². The summed E-state index contributed by atoms with van der Waals surface area (Å²) in [7, 11) is 0. The summed E-state index contributed by atoms with van der Waals surface area (Å²) in [5, 5.41) is 12.5. The first-order valence-corrected chi connectivity index (χ1v) is 6.62. The molecule has 0 aromatic heterocycles. The fraction of sp³-hybridized carbons (Fsp3) is 0.571. The van der Waals surface area contributed by atoms with E-state index in [0.717, 1.165) is 38.2 Å². The Bertz CT molecular complexity index is 397. The Morgan fingerprint density at radius 1 is 1.50 bits per heavy atom. The molecule has 1 aromatic rings. The molecule has 0 fully saturated rings. The summed E-state index contributed by atoms with van der Waals surface area (Å²) in [5.74, 6) is -0.175. The highest BCUT2D eigenvalue weighted by Gasteiger charge is 2.20. The summed E-state index contributed by atoms with van der Waals surface area (Å²) in [6.07, 6.45) is 1.86. The molecule has 1 aromatic carbocycles. The molecule has 0 saturated carbocycles. The van der Waals surface area contributed by atoms with Crippen LogP contribution in [0.5, 0.6) is 0 Å². The minimum atomic E-state index is -0.175. The maximum atomic E-state index is 13.2. The summed E-state index contributed by atoms with van der Waals surface area (Å²) in [6, 6.07) is 5.15.